The highest BCUT2D eigenvalue weighted by Crippen LogP contribution is 2.26. The first-order chi connectivity index (χ1) is 8.81. The summed E-state index contributed by atoms with van der Waals surface area (Å²) in [5.74, 6) is 0.758. The van der Waals surface area contributed by atoms with Gasteiger partial charge < -0.3 is 9.88 Å². The fourth-order valence-electron chi connectivity index (χ4n) is 2.42. The lowest BCUT2D eigenvalue weighted by atomic mass is 10.3. The van der Waals surface area contributed by atoms with Crippen LogP contribution >= 0.6 is 0 Å². The van der Waals surface area contributed by atoms with Crippen LogP contribution in [0.4, 0.5) is 10.7 Å². The van der Waals surface area contributed by atoms with Crippen LogP contribution in [0.15, 0.2) is 24.3 Å². The first-order valence-corrected chi connectivity index (χ1v) is 6.32. The fraction of sp³-hybridized carbons (Fsp3) is 0.385. The van der Waals surface area contributed by atoms with Gasteiger partial charge >= 0.3 is 6.03 Å². The molecule has 2 amide bonds. The third kappa shape index (κ3) is 1.63. The van der Waals surface area contributed by atoms with Gasteiger partial charge in [-0.15, -0.1) is 0 Å². The summed E-state index contributed by atoms with van der Waals surface area (Å²) in [6.07, 6.45) is 0.963. The minimum absolute atomic E-state index is 0.0613. The predicted molar refractivity (Wildman–Crippen MR) is 70.8 cm³/mol. The van der Waals surface area contributed by atoms with Gasteiger partial charge in [0.25, 0.3) is 0 Å². The van der Waals surface area contributed by atoms with Gasteiger partial charge in [0, 0.05) is 19.6 Å². The molecule has 18 heavy (non-hydrogen) atoms. The van der Waals surface area contributed by atoms with Crippen molar-refractivity contribution in [2.24, 2.45) is 0 Å². The number of nitrogens with one attached hydrogen (secondary N) is 1. The Morgan fingerprint density at radius 2 is 2.22 bits per heavy atom. The zero-order valence-electron chi connectivity index (χ0n) is 10.4. The van der Waals surface area contributed by atoms with Crippen LogP contribution in [0.3, 0.4) is 0 Å². The Kier molecular flexibility index (Phi) is 2.66. The number of para-hydroxylation sites is 2. The number of aromatic nitrogens is 2. The van der Waals surface area contributed by atoms with Crippen molar-refractivity contribution >= 4 is 23.0 Å². The molecule has 2 heterocycles. The van der Waals surface area contributed by atoms with E-state index >= 15 is 0 Å². The highest BCUT2D eigenvalue weighted by Gasteiger charge is 2.25. The van der Waals surface area contributed by atoms with Gasteiger partial charge in [-0.1, -0.05) is 12.1 Å². The van der Waals surface area contributed by atoms with Crippen LogP contribution in [0.2, 0.25) is 0 Å². The number of benzene rings is 1. The van der Waals surface area contributed by atoms with Gasteiger partial charge in [0.2, 0.25) is 5.95 Å². The maximum Gasteiger partial charge on any atom is 0.324 e. The van der Waals surface area contributed by atoms with E-state index in [-0.39, 0.29) is 6.03 Å². The summed E-state index contributed by atoms with van der Waals surface area (Å²) in [5, 5.41) is 2.83. The second-order valence-electron chi connectivity index (χ2n) is 4.39. The molecule has 0 atom stereocenters. The zero-order chi connectivity index (χ0) is 12.5. The molecule has 2 aromatic rings. The average Bonchev–Trinajstić information content (AvgIpc) is 2.77. The van der Waals surface area contributed by atoms with Gasteiger partial charge in [-0.3, -0.25) is 4.90 Å². The lowest BCUT2D eigenvalue weighted by Crippen LogP contribution is -2.44. The lowest BCUT2D eigenvalue weighted by molar-refractivity contribution is 0.245. The van der Waals surface area contributed by atoms with Crippen molar-refractivity contribution in [1.29, 1.82) is 0 Å². The maximum absolute atomic E-state index is 12.0. The monoisotopic (exact) mass is 244 g/mol. The van der Waals surface area contributed by atoms with E-state index in [1.807, 2.05) is 31.2 Å². The highest BCUT2D eigenvalue weighted by molar-refractivity contribution is 5.93. The van der Waals surface area contributed by atoms with Crippen LogP contribution in [0, 0.1) is 0 Å². The van der Waals surface area contributed by atoms with Crippen LogP contribution in [0.25, 0.3) is 11.0 Å². The number of aryl methyl sites for hydroxylation is 1. The summed E-state index contributed by atoms with van der Waals surface area (Å²) in [7, 11) is 0. The molecule has 0 spiro atoms. The highest BCUT2D eigenvalue weighted by atomic mass is 16.2. The largest absolute Gasteiger partial charge is 0.338 e. The van der Waals surface area contributed by atoms with Gasteiger partial charge in [0.05, 0.1) is 11.0 Å². The van der Waals surface area contributed by atoms with E-state index in [1.165, 1.54) is 0 Å². The van der Waals surface area contributed by atoms with E-state index in [0.29, 0.717) is 6.54 Å². The van der Waals surface area contributed by atoms with Crippen LogP contribution in [0.5, 0.6) is 0 Å². The number of amides is 2. The Morgan fingerprint density at radius 1 is 1.39 bits per heavy atom. The SMILES string of the molecule is CCNC(=O)N1CCCn2c1nc1ccccc12. The summed E-state index contributed by atoms with van der Waals surface area (Å²) in [6, 6.07) is 7.94. The number of hydrogen-bond acceptors (Lipinski definition) is 2. The molecule has 1 N–H and O–H groups in total. The molecule has 0 fully saturated rings. The number of fused-ring (bicyclic) bond motifs is 3. The second kappa shape index (κ2) is 4.33. The Hall–Kier alpha value is -2.04. The minimum Gasteiger partial charge on any atom is -0.338 e. The summed E-state index contributed by atoms with van der Waals surface area (Å²) >= 11 is 0. The van der Waals surface area contributed by atoms with Crippen LogP contribution in [-0.4, -0.2) is 28.7 Å². The summed E-state index contributed by atoms with van der Waals surface area (Å²) in [5.41, 5.74) is 2.05. The predicted octanol–water partition coefficient (Wildman–Crippen LogP) is 1.98. The van der Waals surface area contributed by atoms with Crippen LogP contribution in [-0.2, 0) is 6.54 Å². The van der Waals surface area contributed by atoms with E-state index in [0.717, 1.165) is 36.5 Å². The lowest BCUT2D eigenvalue weighted by Gasteiger charge is -2.27. The number of rotatable bonds is 1. The standard InChI is InChI=1S/C13H16N4O/c1-2-14-13(18)17-9-5-8-16-11-7-4-3-6-10(11)15-12(16)17/h3-4,6-7H,2,5,8-9H2,1H3,(H,14,18). The molecule has 0 saturated carbocycles. The van der Waals surface area contributed by atoms with Crippen LogP contribution < -0.4 is 10.2 Å². The van der Waals surface area contributed by atoms with Crippen molar-refractivity contribution in [3.05, 3.63) is 24.3 Å². The normalized spacial score (nSPS) is 14.6. The van der Waals surface area contributed by atoms with Crippen molar-refractivity contribution in [1.82, 2.24) is 14.9 Å². The summed E-state index contributed by atoms with van der Waals surface area (Å²) < 4.78 is 2.12. The number of anilines is 1. The summed E-state index contributed by atoms with van der Waals surface area (Å²) in [4.78, 5) is 18.3. The Balaban J connectivity index is 2.08. The Morgan fingerprint density at radius 3 is 3.06 bits per heavy atom. The van der Waals surface area contributed by atoms with Gasteiger partial charge in [0.15, 0.2) is 0 Å². The van der Waals surface area contributed by atoms with Crippen molar-refractivity contribution < 1.29 is 4.79 Å². The van der Waals surface area contributed by atoms with Crippen molar-refractivity contribution in [2.45, 2.75) is 19.9 Å². The third-order valence-electron chi connectivity index (χ3n) is 3.21. The molecule has 3 rings (SSSR count). The molecule has 1 aromatic heterocycles. The maximum atomic E-state index is 12.0. The summed E-state index contributed by atoms with van der Waals surface area (Å²) in [6.45, 7) is 4.21. The molecule has 94 valence electrons. The molecular formula is C13H16N4O. The molecule has 0 radical (unpaired) electrons. The van der Waals surface area contributed by atoms with Gasteiger partial charge in [-0.2, -0.15) is 0 Å². The number of hydrogen-bond donors (Lipinski definition) is 1. The average molecular weight is 244 g/mol. The van der Waals surface area contributed by atoms with E-state index in [2.05, 4.69) is 14.9 Å². The smallest absolute Gasteiger partial charge is 0.324 e. The van der Waals surface area contributed by atoms with Crippen molar-refractivity contribution in [3.63, 3.8) is 0 Å². The second-order valence-corrected chi connectivity index (χ2v) is 4.39. The molecule has 0 aliphatic carbocycles. The number of carbonyl (C=O) groups is 1. The van der Waals surface area contributed by atoms with Crippen molar-refractivity contribution in [3.8, 4) is 0 Å². The first kappa shape index (κ1) is 11.1. The molecule has 0 saturated heterocycles. The van der Waals surface area contributed by atoms with Gasteiger partial charge in [-0.05, 0) is 25.5 Å². The topological polar surface area (TPSA) is 50.2 Å². The number of carbonyl (C=O) groups excluding carboxylic acids is 1. The number of imidazole rings is 1. The Labute approximate surface area is 105 Å². The Bertz CT molecular complexity index is 590. The molecule has 0 unspecified atom stereocenters. The minimum atomic E-state index is -0.0613. The molecular weight excluding hydrogens is 228 g/mol. The molecule has 5 nitrogen and oxygen atoms in total. The van der Waals surface area contributed by atoms with E-state index in [1.54, 1.807) is 4.90 Å². The third-order valence-corrected chi connectivity index (χ3v) is 3.21. The zero-order valence-corrected chi connectivity index (χ0v) is 10.4. The number of urea groups is 1. The van der Waals surface area contributed by atoms with E-state index in [4.69, 9.17) is 0 Å². The molecule has 1 aromatic carbocycles. The van der Waals surface area contributed by atoms with Gasteiger partial charge in [-0.25, -0.2) is 9.78 Å². The molecule has 0 bridgehead atoms. The molecule has 1 aliphatic heterocycles. The molecule has 5 heteroatoms. The first-order valence-electron chi connectivity index (χ1n) is 6.32. The molecule has 1 aliphatic rings. The van der Waals surface area contributed by atoms with Crippen LogP contribution in [0.1, 0.15) is 13.3 Å². The number of nitrogens with zero attached hydrogens (tertiary/aromatic N) is 3. The van der Waals surface area contributed by atoms with E-state index < -0.39 is 0 Å². The van der Waals surface area contributed by atoms with E-state index in [9.17, 15) is 4.79 Å². The quantitative estimate of drug-likeness (QED) is 0.833. The van der Waals surface area contributed by atoms with Crippen molar-refractivity contribution in [2.75, 3.05) is 18.0 Å². The van der Waals surface area contributed by atoms with Gasteiger partial charge in [0.1, 0.15) is 0 Å². The fourth-order valence-corrected chi connectivity index (χ4v) is 2.42.